The molecule has 0 amide bonds. The highest BCUT2D eigenvalue weighted by Gasteiger charge is 2.27. The molecule has 0 aromatic rings. The Kier molecular flexibility index (Phi) is 4.23. The SMILES string of the molecule is CSC1CCCN(S(=O)(=O)CC#N)C1. The van der Waals surface area contributed by atoms with Crippen LogP contribution in [-0.2, 0) is 10.0 Å². The minimum Gasteiger partial charge on any atom is -0.211 e. The highest BCUT2D eigenvalue weighted by atomic mass is 32.2. The fraction of sp³-hybridized carbons (Fsp3) is 0.875. The predicted octanol–water partition coefficient (Wildman–Crippen LogP) is 0.667. The summed E-state index contributed by atoms with van der Waals surface area (Å²) in [6.07, 6.45) is 3.96. The number of nitrogens with zero attached hydrogens (tertiary/aromatic N) is 2. The van der Waals surface area contributed by atoms with E-state index >= 15 is 0 Å². The smallest absolute Gasteiger partial charge is 0.211 e. The Morgan fingerprint density at radius 1 is 1.64 bits per heavy atom. The second-order valence-electron chi connectivity index (χ2n) is 3.27. The lowest BCUT2D eigenvalue weighted by atomic mass is 10.2. The minimum absolute atomic E-state index is 0.386. The van der Waals surface area contributed by atoms with Crippen LogP contribution in [-0.4, -0.2) is 43.1 Å². The average molecular weight is 234 g/mol. The van der Waals surface area contributed by atoms with E-state index in [4.69, 9.17) is 5.26 Å². The third-order valence-corrected chi connectivity index (χ3v) is 4.98. The zero-order valence-corrected chi connectivity index (χ0v) is 9.77. The second kappa shape index (κ2) is 5.01. The Hall–Kier alpha value is -0.250. The van der Waals surface area contributed by atoms with E-state index in [1.54, 1.807) is 17.8 Å². The molecule has 1 unspecified atom stereocenters. The van der Waals surface area contributed by atoms with Crippen molar-refractivity contribution in [1.29, 1.82) is 5.26 Å². The average Bonchev–Trinajstić information content (AvgIpc) is 2.18. The number of thioether (sulfide) groups is 1. The third-order valence-electron chi connectivity index (χ3n) is 2.31. The van der Waals surface area contributed by atoms with Gasteiger partial charge >= 0.3 is 0 Å². The maximum Gasteiger partial charge on any atom is 0.227 e. The molecule has 0 aliphatic carbocycles. The summed E-state index contributed by atoms with van der Waals surface area (Å²) in [4.78, 5) is 0. The molecule has 0 aromatic carbocycles. The van der Waals surface area contributed by atoms with Gasteiger partial charge in [0, 0.05) is 18.3 Å². The molecular formula is C8H14N2O2S2. The van der Waals surface area contributed by atoms with E-state index in [0.717, 1.165) is 12.8 Å². The molecule has 0 spiro atoms. The maximum atomic E-state index is 11.5. The van der Waals surface area contributed by atoms with Gasteiger partial charge in [-0.15, -0.1) is 0 Å². The molecule has 0 aromatic heterocycles. The largest absolute Gasteiger partial charge is 0.227 e. The lowest BCUT2D eigenvalue weighted by Crippen LogP contribution is -2.41. The lowest BCUT2D eigenvalue weighted by molar-refractivity contribution is 0.355. The molecule has 1 saturated heterocycles. The van der Waals surface area contributed by atoms with Crippen molar-refractivity contribution in [2.24, 2.45) is 0 Å². The van der Waals surface area contributed by atoms with Crippen molar-refractivity contribution >= 4 is 21.8 Å². The molecular weight excluding hydrogens is 220 g/mol. The maximum absolute atomic E-state index is 11.5. The minimum atomic E-state index is -3.32. The lowest BCUT2D eigenvalue weighted by Gasteiger charge is -2.30. The standard InChI is InChI=1S/C8H14N2O2S2/c1-13-8-3-2-5-10(7-8)14(11,12)6-4-9/h8H,2-3,5-7H2,1H3. The van der Waals surface area contributed by atoms with Crippen LogP contribution in [0.3, 0.4) is 0 Å². The van der Waals surface area contributed by atoms with Gasteiger partial charge in [0.15, 0.2) is 5.75 Å². The third kappa shape index (κ3) is 2.87. The summed E-state index contributed by atoms with van der Waals surface area (Å²) < 4.78 is 24.5. The monoisotopic (exact) mass is 234 g/mol. The van der Waals surface area contributed by atoms with Crippen molar-refractivity contribution in [2.75, 3.05) is 25.1 Å². The summed E-state index contributed by atoms with van der Waals surface area (Å²) in [5.74, 6) is -0.395. The Morgan fingerprint density at radius 2 is 2.36 bits per heavy atom. The van der Waals surface area contributed by atoms with E-state index < -0.39 is 15.8 Å². The van der Waals surface area contributed by atoms with Gasteiger partial charge < -0.3 is 0 Å². The summed E-state index contributed by atoms with van der Waals surface area (Å²) in [5, 5.41) is 8.78. The van der Waals surface area contributed by atoms with Gasteiger partial charge in [-0.3, -0.25) is 0 Å². The molecule has 1 fully saturated rings. The molecule has 1 heterocycles. The first-order chi connectivity index (χ1) is 6.60. The van der Waals surface area contributed by atoms with Gasteiger partial charge in [-0.05, 0) is 19.1 Å². The number of sulfonamides is 1. The summed E-state index contributed by atoms with van der Waals surface area (Å²) in [6.45, 7) is 1.13. The zero-order valence-electron chi connectivity index (χ0n) is 8.14. The number of nitriles is 1. The molecule has 0 saturated carbocycles. The Bertz CT molecular complexity index is 321. The zero-order chi connectivity index (χ0) is 10.6. The van der Waals surface area contributed by atoms with Crippen molar-refractivity contribution < 1.29 is 8.42 Å². The first-order valence-corrected chi connectivity index (χ1v) is 7.37. The van der Waals surface area contributed by atoms with Crippen LogP contribution in [0, 0.1) is 11.3 Å². The summed E-state index contributed by atoms with van der Waals surface area (Å²) >= 11 is 1.69. The molecule has 0 bridgehead atoms. The summed E-state index contributed by atoms with van der Waals surface area (Å²) in [7, 11) is -3.32. The second-order valence-corrected chi connectivity index (χ2v) is 6.38. The Morgan fingerprint density at radius 3 is 2.93 bits per heavy atom. The molecule has 1 aliphatic rings. The van der Waals surface area contributed by atoms with E-state index in [-0.39, 0.29) is 0 Å². The van der Waals surface area contributed by atoms with Gasteiger partial charge in [0.05, 0.1) is 6.07 Å². The van der Waals surface area contributed by atoms with Crippen molar-refractivity contribution in [2.45, 2.75) is 18.1 Å². The molecule has 6 heteroatoms. The number of rotatable bonds is 3. The van der Waals surface area contributed by atoms with Crippen molar-refractivity contribution in [3.05, 3.63) is 0 Å². The Labute approximate surface area is 89.3 Å². The topological polar surface area (TPSA) is 61.2 Å². The van der Waals surface area contributed by atoms with Gasteiger partial charge in [0.25, 0.3) is 0 Å². The molecule has 14 heavy (non-hydrogen) atoms. The predicted molar refractivity (Wildman–Crippen MR) is 57.5 cm³/mol. The van der Waals surface area contributed by atoms with Crippen molar-refractivity contribution in [3.8, 4) is 6.07 Å². The van der Waals surface area contributed by atoms with Gasteiger partial charge in [-0.1, -0.05) is 0 Å². The fourth-order valence-electron chi connectivity index (χ4n) is 1.52. The first kappa shape index (κ1) is 11.8. The van der Waals surface area contributed by atoms with Crippen LogP contribution in [0.25, 0.3) is 0 Å². The highest BCUT2D eigenvalue weighted by Crippen LogP contribution is 2.22. The molecule has 1 rings (SSSR count). The van der Waals surface area contributed by atoms with Crippen LogP contribution in [0.1, 0.15) is 12.8 Å². The van der Waals surface area contributed by atoms with E-state index in [0.29, 0.717) is 18.3 Å². The molecule has 80 valence electrons. The van der Waals surface area contributed by atoms with Gasteiger partial charge in [-0.2, -0.15) is 21.3 Å². The quantitative estimate of drug-likeness (QED) is 0.720. The van der Waals surface area contributed by atoms with Crippen LogP contribution < -0.4 is 0 Å². The van der Waals surface area contributed by atoms with Gasteiger partial charge in [0.2, 0.25) is 10.0 Å². The molecule has 1 aliphatic heterocycles. The molecule has 0 N–H and O–H groups in total. The normalized spacial score (nSPS) is 24.4. The van der Waals surface area contributed by atoms with Crippen LogP contribution in [0.2, 0.25) is 0 Å². The molecule has 1 atom stereocenters. The molecule has 4 nitrogen and oxygen atoms in total. The van der Waals surface area contributed by atoms with E-state index in [1.807, 2.05) is 6.26 Å². The number of hydrogen-bond acceptors (Lipinski definition) is 4. The van der Waals surface area contributed by atoms with E-state index in [2.05, 4.69) is 0 Å². The van der Waals surface area contributed by atoms with Crippen molar-refractivity contribution in [3.63, 3.8) is 0 Å². The number of hydrogen-bond donors (Lipinski definition) is 0. The van der Waals surface area contributed by atoms with Gasteiger partial charge in [0.1, 0.15) is 0 Å². The summed E-state index contributed by atoms with van der Waals surface area (Å²) in [5.41, 5.74) is 0. The fourth-order valence-corrected chi connectivity index (χ4v) is 3.51. The van der Waals surface area contributed by atoms with E-state index in [1.165, 1.54) is 4.31 Å². The Balaban J connectivity index is 2.65. The first-order valence-electron chi connectivity index (χ1n) is 4.47. The van der Waals surface area contributed by atoms with E-state index in [9.17, 15) is 8.42 Å². The molecule has 0 radical (unpaired) electrons. The number of piperidine rings is 1. The van der Waals surface area contributed by atoms with Crippen LogP contribution in [0.5, 0.6) is 0 Å². The van der Waals surface area contributed by atoms with Crippen molar-refractivity contribution in [1.82, 2.24) is 4.31 Å². The van der Waals surface area contributed by atoms with Crippen LogP contribution in [0.15, 0.2) is 0 Å². The highest BCUT2D eigenvalue weighted by molar-refractivity contribution is 7.99. The van der Waals surface area contributed by atoms with Crippen LogP contribution >= 0.6 is 11.8 Å². The van der Waals surface area contributed by atoms with Crippen LogP contribution in [0.4, 0.5) is 0 Å². The summed E-state index contributed by atoms with van der Waals surface area (Å²) in [6, 6.07) is 1.70. The van der Waals surface area contributed by atoms with Gasteiger partial charge in [-0.25, -0.2) is 8.42 Å².